The van der Waals surface area contributed by atoms with Crippen LogP contribution in [0.4, 0.5) is 0 Å². The molecule has 0 unspecified atom stereocenters. The van der Waals surface area contributed by atoms with Crippen molar-refractivity contribution in [1.82, 2.24) is 15.3 Å². The maximum absolute atomic E-state index is 4.93. The average Bonchev–Trinajstić information content (AvgIpc) is 1.63. The number of rotatable bonds is 1. The van der Waals surface area contributed by atoms with Crippen molar-refractivity contribution in [2.45, 2.75) is 0 Å². The highest BCUT2D eigenvalue weighted by Crippen LogP contribution is 1.77. The van der Waals surface area contributed by atoms with E-state index in [1.54, 1.807) is 0 Å². The van der Waals surface area contributed by atoms with E-state index in [1.807, 2.05) is 38.1 Å². The van der Waals surface area contributed by atoms with Crippen LogP contribution in [0.25, 0.3) is 0 Å². The minimum Gasteiger partial charge on any atom is -0.354 e. The summed E-state index contributed by atoms with van der Waals surface area (Å²) in [6.45, 7) is 0. The van der Waals surface area contributed by atoms with Gasteiger partial charge < -0.3 is 4.90 Å². The third-order valence-electron chi connectivity index (χ3n) is 0.725. The lowest BCUT2D eigenvalue weighted by atomic mass is 10.9. The molecule has 0 saturated carbocycles. The average molecular weight is 147 g/mol. The Morgan fingerprint density at radius 2 is 1.67 bits per heavy atom. The first-order valence-corrected chi connectivity index (χ1v) is 3.10. The van der Waals surface area contributed by atoms with Gasteiger partial charge in [0.2, 0.25) is 0 Å². The zero-order valence-corrected chi connectivity index (χ0v) is 7.12. The van der Waals surface area contributed by atoms with Crippen molar-refractivity contribution in [3.05, 3.63) is 0 Å². The summed E-state index contributed by atoms with van der Waals surface area (Å²) >= 11 is 4.93. The lowest BCUT2D eigenvalue weighted by Gasteiger charge is -2.19. The van der Waals surface area contributed by atoms with Crippen LogP contribution in [-0.2, 0) is 0 Å². The van der Waals surface area contributed by atoms with Crippen LogP contribution in [0, 0.1) is 0 Å². The zero-order chi connectivity index (χ0) is 7.44. The standard InChI is InChI=1S/C5H13N3S/c1-7(2)5(9)6-8(3)4/h1-4H3,(H,6,9). The van der Waals surface area contributed by atoms with Crippen LogP contribution >= 0.6 is 12.2 Å². The molecule has 0 fully saturated rings. The Kier molecular flexibility index (Phi) is 3.49. The van der Waals surface area contributed by atoms with Crippen molar-refractivity contribution in [1.29, 1.82) is 0 Å². The predicted molar refractivity (Wildman–Crippen MR) is 43.1 cm³/mol. The third kappa shape index (κ3) is 4.17. The highest BCUT2D eigenvalue weighted by Gasteiger charge is 1.95. The Balaban J connectivity index is 3.51. The Bertz CT molecular complexity index is 100. The third-order valence-corrected chi connectivity index (χ3v) is 1.18. The van der Waals surface area contributed by atoms with Gasteiger partial charge in [-0.3, -0.25) is 5.43 Å². The number of thiocarbonyl (C=S) groups is 1. The van der Waals surface area contributed by atoms with E-state index < -0.39 is 0 Å². The molecule has 0 aliphatic rings. The van der Waals surface area contributed by atoms with Gasteiger partial charge in [-0.25, -0.2) is 5.01 Å². The Morgan fingerprint density at radius 3 is 1.78 bits per heavy atom. The van der Waals surface area contributed by atoms with Gasteiger partial charge in [0, 0.05) is 28.2 Å². The molecule has 0 aliphatic heterocycles. The van der Waals surface area contributed by atoms with Crippen molar-refractivity contribution < 1.29 is 0 Å². The second-order valence-electron chi connectivity index (χ2n) is 2.21. The first-order valence-electron chi connectivity index (χ1n) is 2.69. The highest BCUT2D eigenvalue weighted by atomic mass is 32.1. The molecule has 0 heterocycles. The molecule has 54 valence electrons. The molecule has 0 atom stereocenters. The summed E-state index contributed by atoms with van der Waals surface area (Å²) < 4.78 is 0. The molecule has 0 radical (unpaired) electrons. The number of hydrogen-bond donors (Lipinski definition) is 1. The highest BCUT2D eigenvalue weighted by molar-refractivity contribution is 7.80. The molecule has 0 spiro atoms. The fourth-order valence-electron chi connectivity index (χ4n) is 0.291. The molecule has 0 aromatic rings. The number of nitrogens with zero attached hydrogens (tertiary/aromatic N) is 2. The van der Waals surface area contributed by atoms with Crippen LogP contribution < -0.4 is 5.43 Å². The summed E-state index contributed by atoms with van der Waals surface area (Å²) in [7, 11) is 7.60. The van der Waals surface area contributed by atoms with Crippen molar-refractivity contribution in [3.8, 4) is 0 Å². The SMILES string of the molecule is CN(C)NC(=S)N(C)C. The molecule has 3 nitrogen and oxygen atoms in total. The van der Waals surface area contributed by atoms with E-state index in [2.05, 4.69) is 5.43 Å². The largest absolute Gasteiger partial charge is 0.354 e. The van der Waals surface area contributed by atoms with E-state index in [0.717, 1.165) is 5.11 Å². The topological polar surface area (TPSA) is 18.5 Å². The van der Waals surface area contributed by atoms with Gasteiger partial charge in [0.05, 0.1) is 0 Å². The van der Waals surface area contributed by atoms with Crippen LogP contribution in [-0.4, -0.2) is 43.2 Å². The Hall–Kier alpha value is -0.350. The van der Waals surface area contributed by atoms with Gasteiger partial charge in [-0.2, -0.15) is 0 Å². The van der Waals surface area contributed by atoms with Gasteiger partial charge in [-0.15, -0.1) is 0 Å². The Morgan fingerprint density at radius 1 is 1.22 bits per heavy atom. The second-order valence-corrected chi connectivity index (χ2v) is 2.59. The number of hydrogen-bond acceptors (Lipinski definition) is 2. The molecule has 0 rings (SSSR count). The normalized spacial score (nSPS) is 9.44. The zero-order valence-electron chi connectivity index (χ0n) is 6.30. The number of hydrazine groups is 1. The molecule has 1 N–H and O–H groups in total. The summed E-state index contributed by atoms with van der Waals surface area (Å²) in [6.07, 6.45) is 0. The number of nitrogens with one attached hydrogen (secondary N) is 1. The van der Waals surface area contributed by atoms with Gasteiger partial charge in [0.15, 0.2) is 5.11 Å². The van der Waals surface area contributed by atoms with Crippen molar-refractivity contribution >= 4 is 17.3 Å². The lowest BCUT2D eigenvalue weighted by Crippen LogP contribution is -2.42. The summed E-state index contributed by atoms with van der Waals surface area (Å²) in [4.78, 5) is 1.84. The van der Waals surface area contributed by atoms with Gasteiger partial charge in [0.1, 0.15) is 0 Å². The predicted octanol–water partition coefficient (Wildman–Crippen LogP) is -0.101. The molecule has 4 heteroatoms. The quantitative estimate of drug-likeness (QED) is 0.412. The monoisotopic (exact) mass is 147 g/mol. The van der Waals surface area contributed by atoms with Crippen LogP contribution in [0.5, 0.6) is 0 Å². The van der Waals surface area contributed by atoms with E-state index in [0.29, 0.717) is 0 Å². The summed E-state index contributed by atoms with van der Waals surface area (Å²) in [6, 6.07) is 0. The molecular weight excluding hydrogens is 134 g/mol. The molecule has 9 heavy (non-hydrogen) atoms. The van der Waals surface area contributed by atoms with Gasteiger partial charge in [-0.1, -0.05) is 0 Å². The van der Waals surface area contributed by atoms with E-state index in [1.165, 1.54) is 0 Å². The summed E-state index contributed by atoms with van der Waals surface area (Å²) in [5, 5.41) is 2.53. The molecule has 0 aromatic heterocycles. The van der Waals surface area contributed by atoms with Gasteiger partial charge in [0.25, 0.3) is 0 Å². The van der Waals surface area contributed by atoms with Crippen molar-refractivity contribution in [2.24, 2.45) is 0 Å². The Labute approximate surface area is 61.6 Å². The fourth-order valence-corrected chi connectivity index (χ4v) is 0.474. The second kappa shape index (κ2) is 3.63. The molecule has 0 aromatic carbocycles. The minimum atomic E-state index is 0.722. The van der Waals surface area contributed by atoms with E-state index in [9.17, 15) is 0 Å². The summed E-state index contributed by atoms with van der Waals surface area (Å²) in [5.41, 5.74) is 2.93. The molecular formula is C5H13N3S. The first kappa shape index (κ1) is 8.65. The smallest absolute Gasteiger partial charge is 0.183 e. The van der Waals surface area contributed by atoms with Gasteiger partial charge >= 0.3 is 0 Å². The molecule has 0 saturated heterocycles. The minimum absolute atomic E-state index is 0.722. The van der Waals surface area contributed by atoms with Crippen molar-refractivity contribution in [2.75, 3.05) is 28.2 Å². The van der Waals surface area contributed by atoms with Crippen LogP contribution in [0.1, 0.15) is 0 Å². The molecule has 0 amide bonds. The van der Waals surface area contributed by atoms with Crippen molar-refractivity contribution in [3.63, 3.8) is 0 Å². The van der Waals surface area contributed by atoms with Crippen LogP contribution in [0.2, 0.25) is 0 Å². The van der Waals surface area contributed by atoms with E-state index in [4.69, 9.17) is 12.2 Å². The van der Waals surface area contributed by atoms with Crippen LogP contribution in [0.15, 0.2) is 0 Å². The van der Waals surface area contributed by atoms with E-state index in [-0.39, 0.29) is 0 Å². The van der Waals surface area contributed by atoms with E-state index >= 15 is 0 Å². The van der Waals surface area contributed by atoms with Gasteiger partial charge in [-0.05, 0) is 12.2 Å². The maximum Gasteiger partial charge on any atom is 0.183 e. The lowest BCUT2D eigenvalue weighted by molar-refractivity contribution is 0.345. The fraction of sp³-hybridized carbons (Fsp3) is 0.800. The van der Waals surface area contributed by atoms with Crippen LogP contribution in [0.3, 0.4) is 0 Å². The maximum atomic E-state index is 4.93. The summed E-state index contributed by atoms with van der Waals surface area (Å²) in [5.74, 6) is 0. The first-order chi connectivity index (χ1) is 4.04. The molecule has 0 aliphatic carbocycles. The molecule has 0 bridgehead atoms.